The molecule has 0 aliphatic rings. The van der Waals surface area contributed by atoms with Crippen molar-refractivity contribution in [3.8, 4) is 5.75 Å². The maximum Gasteiger partial charge on any atom is 0.124 e. The molecule has 0 atom stereocenters. The fourth-order valence-electron chi connectivity index (χ4n) is 2.32. The van der Waals surface area contributed by atoms with Gasteiger partial charge in [-0.15, -0.1) is 11.6 Å². The molecular formula is C15H21ClN2OS. The molecule has 0 spiro atoms. The Morgan fingerprint density at radius 2 is 2.15 bits per heavy atom. The predicted molar refractivity (Wildman–Crippen MR) is 88.1 cm³/mol. The van der Waals surface area contributed by atoms with Crippen molar-refractivity contribution in [2.75, 3.05) is 19.1 Å². The van der Waals surface area contributed by atoms with Crippen LogP contribution in [-0.2, 0) is 12.4 Å². The first-order valence-corrected chi connectivity index (χ1v) is 8.81. The molecule has 0 unspecified atom stereocenters. The van der Waals surface area contributed by atoms with Gasteiger partial charge in [-0.25, -0.2) is 4.98 Å². The minimum atomic E-state index is 0.446. The van der Waals surface area contributed by atoms with Crippen molar-refractivity contribution >= 4 is 34.4 Å². The van der Waals surface area contributed by atoms with E-state index in [1.54, 1.807) is 7.11 Å². The molecule has 1 aromatic heterocycles. The normalized spacial score (nSPS) is 11.2. The van der Waals surface area contributed by atoms with Crippen LogP contribution in [0.1, 0.15) is 25.1 Å². The molecular weight excluding hydrogens is 292 g/mol. The summed E-state index contributed by atoms with van der Waals surface area (Å²) in [5, 5.41) is 0. The molecule has 0 saturated heterocycles. The molecule has 2 rings (SSSR count). The maximum atomic E-state index is 6.02. The molecule has 2 aromatic rings. The molecule has 0 aliphatic heterocycles. The predicted octanol–water partition coefficient (Wildman–Crippen LogP) is 4.32. The largest absolute Gasteiger partial charge is 0.497 e. The summed E-state index contributed by atoms with van der Waals surface area (Å²) in [6, 6.07) is 5.98. The molecule has 0 bridgehead atoms. The standard InChI is InChI=1S/C15H21ClN2OS/c1-19-12-6-7-13-14(10-12)18(15(11-16)17-13)8-4-3-5-9-20-2/h6-7,10H,3-5,8-9,11H2,1-2H3. The lowest BCUT2D eigenvalue weighted by atomic mass is 10.2. The van der Waals surface area contributed by atoms with Crippen LogP contribution in [0, 0.1) is 0 Å². The van der Waals surface area contributed by atoms with Crippen LogP contribution in [0.2, 0.25) is 0 Å². The summed E-state index contributed by atoms with van der Waals surface area (Å²) in [6.07, 6.45) is 5.83. The van der Waals surface area contributed by atoms with E-state index in [9.17, 15) is 0 Å². The van der Waals surface area contributed by atoms with E-state index >= 15 is 0 Å². The van der Waals surface area contributed by atoms with E-state index in [4.69, 9.17) is 16.3 Å². The first-order chi connectivity index (χ1) is 9.80. The lowest BCUT2D eigenvalue weighted by Crippen LogP contribution is -2.02. The summed E-state index contributed by atoms with van der Waals surface area (Å²) < 4.78 is 7.53. The second kappa shape index (κ2) is 7.79. The van der Waals surface area contributed by atoms with Crippen molar-refractivity contribution in [2.45, 2.75) is 31.7 Å². The Balaban J connectivity index is 2.16. The minimum absolute atomic E-state index is 0.446. The number of thioether (sulfide) groups is 1. The van der Waals surface area contributed by atoms with Crippen LogP contribution < -0.4 is 4.74 Å². The number of unbranched alkanes of at least 4 members (excludes halogenated alkanes) is 2. The zero-order valence-electron chi connectivity index (χ0n) is 12.1. The van der Waals surface area contributed by atoms with Gasteiger partial charge in [0.05, 0.1) is 24.0 Å². The van der Waals surface area contributed by atoms with Crippen LogP contribution in [-0.4, -0.2) is 28.7 Å². The molecule has 0 N–H and O–H groups in total. The highest BCUT2D eigenvalue weighted by molar-refractivity contribution is 7.98. The monoisotopic (exact) mass is 312 g/mol. The molecule has 1 heterocycles. The van der Waals surface area contributed by atoms with Gasteiger partial charge in [0.2, 0.25) is 0 Å². The van der Waals surface area contributed by atoms with Crippen LogP contribution in [0.15, 0.2) is 18.2 Å². The van der Waals surface area contributed by atoms with Gasteiger partial charge in [-0.1, -0.05) is 6.42 Å². The van der Waals surface area contributed by atoms with Gasteiger partial charge in [0.25, 0.3) is 0 Å². The van der Waals surface area contributed by atoms with E-state index in [2.05, 4.69) is 15.8 Å². The molecule has 0 radical (unpaired) electrons. The van der Waals surface area contributed by atoms with E-state index < -0.39 is 0 Å². The lowest BCUT2D eigenvalue weighted by molar-refractivity contribution is 0.415. The summed E-state index contributed by atoms with van der Waals surface area (Å²) in [7, 11) is 1.69. The molecule has 0 fully saturated rings. The number of fused-ring (bicyclic) bond motifs is 1. The van der Waals surface area contributed by atoms with Crippen molar-refractivity contribution in [3.05, 3.63) is 24.0 Å². The Labute approximate surface area is 129 Å². The highest BCUT2D eigenvalue weighted by Crippen LogP contribution is 2.23. The van der Waals surface area contributed by atoms with Crippen molar-refractivity contribution in [1.82, 2.24) is 9.55 Å². The highest BCUT2D eigenvalue weighted by atomic mass is 35.5. The smallest absolute Gasteiger partial charge is 0.124 e. The van der Waals surface area contributed by atoms with Gasteiger partial charge in [-0.2, -0.15) is 11.8 Å². The molecule has 0 aliphatic carbocycles. The van der Waals surface area contributed by atoms with E-state index in [0.717, 1.165) is 35.6 Å². The summed E-state index contributed by atoms with van der Waals surface area (Å²) in [5.74, 6) is 3.49. The van der Waals surface area contributed by atoms with Crippen LogP contribution in [0.25, 0.3) is 11.0 Å². The van der Waals surface area contributed by atoms with E-state index in [-0.39, 0.29) is 0 Å². The number of aromatic nitrogens is 2. The topological polar surface area (TPSA) is 27.1 Å². The molecule has 1 aromatic carbocycles. The zero-order chi connectivity index (χ0) is 14.4. The molecule has 5 heteroatoms. The number of hydrogen-bond donors (Lipinski definition) is 0. The third-order valence-electron chi connectivity index (χ3n) is 3.38. The highest BCUT2D eigenvalue weighted by Gasteiger charge is 2.10. The van der Waals surface area contributed by atoms with Gasteiger partial charge < -0.3 is 9.30 Å². The number of nitrogens with zero attached hydrogens (tertiary/aromatic N) is 2. The zero-order valence-corrected chi connectivity index (χ0v) is 13.6. The fraction of sp³-hybridized carbons (Fsp3) is 0.533. The molecule has 110 valence electrons. The summed E-state index contributed by atoms with van der Waals surface area (Å²) >= 11 is 7.93. The Morgan fingerprint density at radius 3 is 2.85 bits per heavy atom. The van der Waals surface area contributed by atoms with Crippen LogP contribution in [0.5, 0.6) is 5.75 Å². The number of hydrogen-bond acceptors (Lipinski definition) is 3. The van der Waals surface area contributed by atoms with Crippen molar-refractivity contribution in [3.63, 3.8) is 0 Å². The fourth-order valence-corrected chi connectivity index (χ4v) is 3.02. The minimum Gasteiger partial charge on any atom is -0.497 e. The summed E-state index contributed by atoms with van der Waals surface area (Å²) in [6.45, 7) is 0.972. The van der Waals surface area contributed by atoms with Gasteiger partial charge in [0, 0.05) is 12.6 Å². The first-order valence-electron chi connectivity index (χ1n) is 6.88. The van der Waals surface area contributed by atoms with Gasteiger partial charge in [-0.05, 0) is 37.0 Å². The number of methoxy groups -OCH3 is 1. The third kappa shape index (κ3) is 3.61. The number of rotatable bonds is 8. The van der Waals surface area contributed by atoms with E-state index in [1.165, 1.54) is 18.6 Å². The second-order valence-electron chi connectivity index (χ2n) is 4.72. The number of benzene rings is 1. The number of aryl methyl sites for hydroxylation is 1. The van der Waals surface area contributed by atoms with Crippen LogP contribution >= 0.6 is 23.4 Å². The van der Waals surface area contributed by atoms with Gasteiger partial charge >= 0.3 is 0 Å². The second-order valence-corrected chi connectivity index (χ2v) is 5.97. The van der Waals surface area contributed by atoms with Crippen molar-refractivity contribution < 1.29 is 4.74 Å². The maximum absolute atomic E-state index is 6.02. The number of halogens is 1. The lowest BCUT2D eigenvalue weighted by Gasteiger charge is -2.08. The summed E-state index contributed by atoms with van der Waals surface area (Å²) in [5.41, 5.74) is 2.11. The van der Waals surface area contributed by atoms with Crippen LogP contribution in [0.4, 0.5) is 0 Å². The molecule has 0 amide bonds. The van der Waals surface area contributed by atoms with Gasteiger partial charge in [0.1, 0.15) is 11.6 Å². The first kappa shape index (κ1) is 15.5. The van der Waals surface area contributed by atoms with E-state index in [0.29, 0.717) is 5.88 Å². The van der Waals surface area contributed by atoms with Crippen LogP contribution in [0.3, 0.4) is 0 Å². The number of alkyl halides is 1. The average molecular weight is 313 g/mol. The quantitative estimate of drug-likeness (QED) is 0.536. The number of imidazole rings is 1. The Bertz CT molecular complexity index is 556. The number of ether oxygens (including phenoxy) is 1. The SMILES string of the molecule is COc1ccc2nc(CCl)n(CCCCCSC)c2c1. The van der Waals surface area contributed by atoms with Gasteiger partial charge in [-0.3, -0.25) is 0 Å². The van der Waals surface area contributed by atoms with Gasteiger partial charge in [0.15, 0.2) is 0 Å². The van der Waals surface area contributed by atoms with Crippen molar-refractivity contribution in [2.24, 2.45) is 0 Å². The average Bonchev–Trinajstić information content (AvgIpc) is 2.84. The molecule has 0 saturated carbocycles. The molecule has 20 heavy (non-hydrogen) atoms. The van der Waals surface area contributed by atoms with E-state index in [1.807, 2.05) is 30.0 Å². The van der Waals surface area contributed by atoms with Crippen molar-refractivity contribution in [1.29, 1.82) is 0 Å². The summed E-state index contributed by atoms with van der Waals surface area (Å²) in [4.78, 5) is 4.59. The third-order valence-corrected chi connectivity index (χ3v) is 4.32. The Morgan fingerprint density at radius 1 is 1.30 bits per heavy atom. The Kier molecular flexibility index (Phi) is 6.05. The Hall–Kier alpha value is -0.870. The molecule has 3 nitrogen and oxygen atoms in total.